The van der Waals surface area contributed by atoms with Gasteiger partial charge in [0.1, 0.15) is 22.5 Å². The molecule has 0 radical (unpaired) electrons. The van der Waals surface area contributed by atoms with Crippen LogP contribution in [0.4, 0.5) is 0 Å². The molecule has 0 aliphatic rings. The molecular weight excluding hydrogens is 517 g/mol. The molecule has 0 unspecified atom stereocenters. The van der Waals surface area contributed by atoms with Crippen molar-refractivity contribution in [1.29, 1.82) is 0 Å². The minimum Gasteiger partial charge on any atom is -0.497 e. The van der Waals surface area contributed by atoms with Gasteiger partial charge in [0.05, 0.1) is 25.9 Å². The summed E-state index contributed by atoms with van der Waals surface area (Å²) in [5.41, 5.74) is 9.05. The first-order chi connectivity index (χ1) is 18.1. The quantitative estimate of drug-likeness (QED) is 0.211. The highest BCUT2D eigenvalue weighted by Gasteiger charge is 2.21. The van der Waals surface area contributed by atoms with Gasteiger partial charge in [-0.1, -0.05) is 6.07 Å². The van der Waals surface area contributed by atoms with Gasteiger partial charge in [-0.25, -0.2) is 0 Å². The average molecular weight is 541 g/mol. The van der Waals surface area contributed by atoms with Gasteiger partial charge in [0.2, 0.25) is 0 Å². The van der Waals surface area contributed by atoms with Crippen molar-refractivity contribution >= 4 is 45.4 Å². The van der Waals surface area contributed by atoms with Gasteiger partial charge in [-0.05, 0) is 108 Å². The molecule has 0 aliphatic heterocycles. The zero-order valence-corrected chi connectivity index (χ0v) is 23.3. The van der Waals surface area contributed by atoms with Gasteiger partial charge in [0.15, 0.2) is 0 Å². The summed E-state index contributed by atoms with van der Waals surface area (Å²) < 4.78 is 20.0. The molecule has 0 atom stereocenters. The Hall–Kier alpha value is -3.52. The predicted molar refractivity (Wildman–Crippen MR) is 157 cm³/mol. The van der Waals surface area contributed by atoms with Gasteiger partial charge in [-0.3, -0.25) is 0 Å². The molecule has 0 saturated carbocycles. The molecule has 6 aromatic rings. The zero-order chi connectivity index (χ0) is 25.5. The smallest absolute Gasteiger partial charge is 0.118 e. The Morgan fingerprint density at radius 2 is 1.14 bits per heavy atom. The van der Waals surface area contributed by atoms with E-state index in [9.17, 15) is 0 Å². The topological polar surface area (TPSA) is 44.2 Å². The Labute approximate surface area is 228 Å². The highest BCUT2D eigenvalue weighted by molar-refractivity contribution is 7.16. The second-order valence-electron chi connectivity index (χ2n) is 8.74. The molecule has 3 heterocycles. The van der Waals surface area contributed by atoms with Crippen LogP contribution in [0.25, 0.3) is 54.2 Å². The third-order valence-electron chi connectivity index (χ3n) is 6.57. The third-order valence-corrected chi connectivity index (χ3v) is 9.31. The second-order valence-corrected chi connectivity index (χ2v) is 11.8. The number of hydrogen-bond acceptors (Lipinski definition) is 7. The molecule has 37 heavy (non-hydrogen) atoms. The van der Waals surface area contributed by atoms with Gasteiger partial charge in [0.25, 0.3) is 0 Å². The van der Waals surface area contributed by atoms with Crippen LogP contribution >= 0.6 is 34.4 Å². The normalized spacial score (nSPS) is 11.2. The van der Waals surface area contributed by atoms with Crippen LogP contribution in [0.2, 0.25) is 0 Å². The Kier molecular flexibility index (Phi) is 6.28. The monoisotopic (exact) mass is 540 g/mol. The summed E-state index contributed by atoms with van der Waals surface area (Å²) in [6, 6.07) is 25.4. The van der Waals surface area contributed by atoms with Crippen molar-refractivity contribution in [2.45, 2.75) is 13.8 Å². The number of thiophene rings is 2. The first-order valence-corrected chi connectivity index (χ1v) is 14.2. The van der Waals surface area contributed by atoms with Crippen molar-refractivity contribution in [3.8, 4) is 54.6 Å². The first-order valence-electron chi connectivity index (χ1n) is 11.8. The van der Waals surface area contributed by atoms with Crippen molar-refractivity contribution in [2.24, 2.45) is 0 Å². The van der Waals surface area contributed by atoms with Crippen LogP contribution in [0.15, 0.2) is 72.8 Å². The van der Waals surface area contributed by atoms with E-state index in [1.165, 1.54) is 59.1 Å². The molecule has 6 rings (SSSR count). The standard InChI is InChI=1S/C30H24N2O2S3/c1-17-24(15-27(35-17)19-5-9-21(33-3)10-6-19)23-13-14-26-30(32-37-31-26)29(23)25-16-28(36-18(25)2)20-7-11-22(34-4)12-8-20/h5-16H,1-4H3. The number of methoxy groups -OCH3 is 2. The summed E-state index contributed by atoms with van der Waals surface area (Å²) in [6.45, 7) is 4.39. The molecule has 0 saturated heterocycles. The van der Waals surface area contributed by atoms with Crippen LogP contribution in [0, 0.1) is 13.8 Å². The number of aromatic nitrogens is 2. The molecular formula is C30H24N2O2S3. The molecule has 7 heteroatoms. The minimum atomic E-state index is 0.860. The minimum absolute atomic E-state index is 0.860. The summed E-state index contributed by atoms with van der Waals surface area (Å²) in [6.07, 6.45) is 0. The first kappa shape index (κ1) is 23.9. The molecule has 3 aromatic carbocycles. The Balaban J connectivity index is 1.50. The van der Waals surface area contributed by atoms with Crippen molar-refractivity contribution < 1.29 is 9.47 Å². The van der Waals surface area contributed by atoms with Crippen molar-refractivity contribution in [2.75, 3.05) is 14.2 Å². The molecule has 4 nitrogen and oxygen atoms in total. The fourth-order valence-corrected chi connectivity index (χ4v) is 7.24. The molecule has 0 N–H and O–H groups in total. The molecule has 0 fully saturated rings. The van der Waals surface area contributed by atoms with Crippen LogP contribution in [0.3, 0.4) is 0 Å². The highest BCUT2D eigenvalue weighted by Crippen LogP contribution is 2.46. The fraction of sp³-hybridized carbons (Fsp3) is 0.133. The van der Waals surface area contributed by atoms with E-state index in [1.54, 1.807) is 25.6 Å². The maximum Gasteiger partial charge on any atom is 0.118 e. The fourth-order valence-electron chi connectivity index (χ4n) is 4.62. The van der Waals surface area contributed by atoms with Crippen LogP contribution in [-0.4, -0.2) is 23.0 Å². The largest absolute Gasteiger partial charge is 0.497 e. The van der Waals surface area contributed by atoms with E-state index in [4.69, 9.17) is 13.8 Å². The van der Waals surface area contributed by atoms with Gasteiger partial charge in [0, 0.05) is 25.1 Å². The van der Waals surface area contributed by atoms with Gasteiger partial charge in [-0.2, -0.15) is 8.75 Å². The average Bonchev–Trinajstić information content (AvgIpc) is 3.66. The number of benzene rings is 3. The lowest BCUT2D eigenvalue weighted by Crippen LogP contribution is -1.88. The lowest BCUT2D eigenvalue weighted by atomic mass is 9.93. The maximum absolute atomic E-state index is 5.35. The summed E-state index contributed by atoms with van der Waals surface area (Å²) in [4.78, 5) is 4.99. The van der Waals surface area contributed by atoms with Gasteiger partial charge in [-0.15, -0.1) is 22.7 Å². The number of ether oxygens (including phenoxy) is 2. The van der Waals surface area contributed by atoms with Crippen molar-refractivity contribution in [3.05, 3.63) is 82.6 Å². The lowest BCUT2D eigenvalue weighted by molar-refractivity contribution is 0.415. The van der Waals surface area contributed by atoms with Crippen molar-refractivity contribution in [3.63, 3.8) is 0 Å². The SMILES string of the molecule is COc1ccc(-c2cc(-c3ccc4nsnc4c3-c3cc(-c4ccc(OC)cc4)sc3C)c(C)s2)cc1. The van der Waals surface area contributed by atoms with Crippen LogP contribution in [-0.2, 0) is 0 Å². The molecule has 0 aliphatic carbocycles. The van der Waals surface area contributed by atoms with E-state index >= 15 is 0 Å². The third kappa shape index (κ3) is 4.33. The van der Waals surface area contributed by atoms with Crippen LogP contribution < -0.4 is 9.47 Å². The molecule has 3 aromatic heterocycles. The van der Waals surface area contributed by atoms with E-state index in [2.05, 4.69) is 66.8 Å². The summed E-state index contributed by atoms with van der Waals surface area (Å²) >= 11 is 4.89. The van der Waals surface area contributed by atoms with Crippen LogP contribution in [0.1, 0.15) is 9.75 Å². The molecule has 184 valence electrons. The van der Waals surface area contributed by atoms with Crippen molar-refractivity contribution in [1.82, 2.24) is 8.75 Å². The summed E-state index contributed by atoms with van der Waals surface area (Å²) in [7, 11) is 3.39. The van der Waals surface area contributed by atoms with Crippen LogP contribution in [0.5, 0.6) is 11.5 Å². The zero-order valence-electron chi connectivity index (χ0n) is 20.9. The molecule has 0 amide bonds. The summed E-state index contributed by atoms with van der Waals surface area (Å²) in [5, 5.41) is 0. The van der Waals surface area contributed by atoms with E-state index in [1.807, 2.05) is 35.6 Å². The highest BCUT2D eigenvalue weighted by atomic mass is 32.1. The number of hydrogen-bond donors (Lipinski definition) is 0. The van der Waals surface area contributed by atoms with E-state index in [-0.39, 0.29) is 0 Å². The maximum atomic E-state index is 5.35. The Morgan fingerprint density at radius 1 is 0.595 bits per heavy atom. The predicted octanol–water partition coefficient (Wildman–Crippen LogP) is 9.12. The molecule has 0 bridgehead atoms. The number of aryl methyl sites for hydroxylation is 2. The second kappa shape index (κ2) is 9.74. The Bertz CT molecular complexity index is 1710. The van der Waals surface area contributed by atoms with E-state index in [0.717, 1.165) is 28.1 Å². The number of fused-ring (bicyclic) bond motifs is 1. The van der Waals surface area contributed by atoms with E-state index < -0.39 is 0 Å². The van der Waals surface area contributed by atoms with Gasteiger partial charge < -0.3 is 9.47 Å². The van der Waals surface area contributed by atoms with Gasteiger partial charge >= 0.3 is 0 Å². The Morgan fingerprint density at radius 3 is 1.70 bits per heavy atom. The summed E-state index contributed by atoms with van der Waals surface area (Å²) in [5.74, 6) is 1.72. The number of rotatable bonds is 6. The number of nitrogens with zero attached hydrogens (tertiary/aromatic N) is 2. The molecule has 0 spiro atoms. The van der Waals surface area contributed by atoms with E-state index in [0.29, 0.717) is 0 Å². The lowest BCUT2D eigenvalue weighted by Gasteiger charge is -2.10.